The van der Waals surface area contributed by atoms with Crippen LogP contribution in [0.5, 0.6) is 0 Å². The minimum Gasteiger partial charge on any atom is -0.370 e. The molecule has 1 aromatic heterocycles. The molecule has 0 bridgehead atoms. The molecule has 2 heterocycles. The van der Waals surface area contributed by atoms with Crippen molar-refractivity contribution in [3.8, 4) is 0 Å². The van der Waals surface area contributed by atoms with E-state index in [1.54, 1.807) is 6.20 Å². The van der Waals surface area contributed by atoms with Crippen molar-refractivity contribution >= 4 is 28.5 Å². The Morgan fingerprint density at radius 3 is 2.90 bits per heavy atom. The van der Waals surface area contributed by atoms with Crippen molar-refractivity contribution in [2.75, 3.05) is 6.54 Å². The van der Waals surface area contributed by atoms with Crippen LogP contribution in [0.4, 0.5) is 0 Å². The zero-order chi connectivity index (χ0) is 14.3. The second kappa shape index (κ2) is 4.94. The van der Waals surface area contributed by atoms with Gasteiger partial charge >= 0.3 is 0 Å². The predicted molar refractivity (Wildman–Crippen MR) is 83.0 cm³/mol. The van der Waals surface area contributed by atoms with Gasteiger partial charge in [-0.15, -0.1) is 0 Å². The van der Waals surface area contributed by atoms with E-state index in [1.165, 1.54) is 0 Å². The van der Waals surface area contributed by atoms with E-state index in [0.717, 1.165) is 21.5 Å². The lowest BCUT2D eigenvalue weighted by Gasteiger charge is -2.30. The number of pyridine rings is 1. The number of hydrogen-bond acceptors (Lipinski definition) is 4. The third-order valence-electron chi connectivity index (χ3n) is 3.69. The summed E-state index contributed by atoms with van der Waals surface area (Å²) in [5, 5.41) is 1.70. The minimum atomic E-state index is 0.129. The average Bonchev–Trinajstić information content (AvgIpc) is 2.81. The Kier molecular flexibility index (Phi) is 3.26. The van der Waals surface area contributed by atoms with Crippen LogP contribution in [-0.2, 0) is 0 Å². The summed E-state index contributed by atoms with van der Waals surface area (Å²) >= 11 is 6.26. The monoisotopic (exact) mass is 288 g/mol. The number of hydrogen-bond donors (Lipinski definition) is 1. The van der Waals surface area contributed by atoms with E-state index in [0.29, 0.717) is 18.5 Å². The molecule has 2 N–H and O–H groups in total. The maximum Gasteiger partial charge on any atom is 0.192 e. The third kappa shape index (κ3) is 2.00. The maximum absolute atomic E-state index is 6.26. The summed E-state index contributed by atoms with van der Waals surface area (Å²) in [4.78, 5) is 11.0. The Bertz CT molecular complexity index is 681. The first-order valence-corrected chi connectivity index (χ1v) is 7.08. The highest BCUT2D eigenvalue weighted by Gasteiger charge is 2.31. The van der Waals surface area contributed by atoms with Gasteiger partial charge in [-0.2, -0.15) is 0 Å². The molecular formula is C15H17ClN4. The van der Waals surface area contributed by atoms with Gasteiger partial charge in [-0.3, -0.25) is 9.98 Å². The molecule has 4 nitrogen and oxygen atoms in total. The predicted octanol–water partition coefficient (Wildman–Crippen LogP) is 2.97. The van der Waals surface area contributed by atoms with Gasteiger partial charge < -0.3 is 10.6 Å². The summed E-state index contributed by atoms with van der Waals surface area (Å²) < 4.78 is 0. The summed E-state index contributed by atoms with van der Waals surface area (Å²) in [7, 11) is 0. The van der Waals surface area contributed by atoms with Crippen LogP contribution in [0.2, 0.25) is 5.02 Å². The molecule has 0 spiro atoms. The van der Waals surface area contributed by atoms with Crippen molar-refractivity contribution in [2.24, 2.45) is 10.7 Å². The normalized spacial score (nSPS) is 18.9. The molecule has 1 atom stereocenters. The first-order valence-electron chi connectivity index (χ1n) is 6.71. The molecule has 0 fully saturated rings. The summed E-state index contributed by atoms with van der Waals surface area (Å²) in [5.74, 6) is 0.601. The largest absolute Gasteiger partial charge is 0.370 e. The fourth-order valence-corrected chi connectivity index (χ4v) is 3.03. The van der Waals surface area contributed by atoms with Crippen LogP contribution in [0.1, 0.15) is 25.5 Å². The number of rotatable bonds is 2. The van der Waals surface area contributed by atoms with Crippen molar-refractivity contribution in [2.45, 2.75) is 25.9 Å². The standard InChI is InChI=1S/C15H17ClN4/c1-9(2)20-13(8-19-15(20)17)11-5-6-12(16)10-4-3-7-18-14(10)11/h3-7,9,13H,8H2,1-2H3,(H2,17,19). The summed E-state index contributed by atoms with van der Waals surface area (Å²) in [6, 6.07) is 8.27. The highest BCUT2D eigenvalue weighted by atomic mass is 35.5. The van der Waals surface area contributed by atoms with Crippen LogP contribution in [0.15, 0.2) is 35.5 Å². The SMILES string of the molecule is CC(C)N1C(N)=NCC1c1ccc(Cl)c2cccnc12. The van der Waals surface area contributed by atoms with Gasteiger partial charge in [0.15, 0.2) is 5.96 Å². The van der Waals surface area contributed by atoms with Gasteiger partial charge in [0.1, 0.15) is 0 Å². The molecule has 3 rings (SSSR count). The van der Waals surface area contributed by atoms with Crippen molar-refractivity contribution in [1.29, 1.82) is 0 Å². The minimum absolute atomic E-state index is 0.129. The first-order chi connectivity index (χ1) is 9.59. The number of nitrogens with two attached hydrogens (primary N) is 1. The van der Waals surface area contributed by atoms with Crippen LogP contribution < -0.4 is 5.73 Å². The molecule has 0 saturated heterocycles. The molecule has 0 saturated carbocycles. The van der Waals surface area contributed by atoms with E-state index < -0.39 is 0 Å². The first kappa shape index (κ1) is 13.2. The molecule has 104 valence electrons. The van der Waals surface area contributed by atoms with E-state index in [2.05, 4.69) is 28.7 Å². The van der Waals surface area contributed by atoms with Gasteiger partial charge in [0.2, 0.25) is 0 Å². The van der Waals surface area contributed by atoms with E-state index in [4.69, 9.17) is 17.3 Å². The average molecular weight is 289 g/mol. The van der Waals surface area contributed by atoms with E-state index in [-0.39, 0.29) is 6.04 Å². The molecular weight excluding hydrogens is 272 g/mol. The second-order valence-corrected chi connectivity index (χ2v) is 5.66. The van der Waals surface area contributed by atoms with Gasteiger partial charge in [0.25, 0.3) is 0 Å². The smallest absolute Gasteiger partial charge is 0.192 e. The van der Waals surface area contributed by atoms with Crippen molar-refractivity contribution < 1.29 is 0 Å². The Morgan fingerprint density at radius 1 is 1.35 bits per heavy atom. The number of fused-ring (bicyclic) bond motifs is 1. The lowest BCUT2D eigenvalue weighted by Crippen LogP contribution is -2.41. The van der Waals surface area contributed by atoms with Crippen molar-refractivity contribution in [1.82, 2.24) is 9.88 Å². The van der Waals surface area contributed by atoms with Crippen LogP contribution in [0.3, 0.4) is 0 Å². The molecule has 1 unspecified atom stereocenters. The molecule has 0 amide bonds. The maximum atomic E-state index is 6.26. The molecule has 0 aliphatic carbocycles. The number of guanidine groups is 1. The van der Waals surface area contributed by atoms with Gasteiger partial charge in [-0.1, -0.05) is 17.7 Å². The highest BCUT2D eigenvalue weighted by molar-refractivity contribution is 6.35. The number of benzene rings is 1. The number of nitrogens with zero attached hydrogens (tertiary/aromatic N) is 3. The molecule has 1 aliphatic rings. The Labute approximate surface area is 123 Å². The van der Waals surface area contributed by atoms with E-state index >= 15 is 0 Å². The van der Waals surface area contributed by atoms with E-state index in [1.807, 2.05) is 24.3 Å². The quantitative estimate of drug-likeness (QED) is 0.924. The zero-order valence-corrected chi connectivity index (χ0v) is 12.3. The van der Waals surface area contributed by atoms with Gasteiger partial charge in [-0.25, -0.2) is 0 Å². The van der Waals surface area contributed by atoms with Crippen LogP contribution >= 0.6 is 11.6 Å². The number of halogens is 1. The Morgan fingerprint density at radius 2 is 2.15 bits per heavy atom. The van der Waals surface area contributed by atoms with Gasteiger partial charge in [-0.05, 0) is 32.0 Å². The fraction of sp³-hybridized carbons (Fsp3) is 0.333. The fourth-order valence-electron chi connectivity index (χ4n) is 2.81. The molecule has 1 aliphatic heterocycles. The molecule has 2 aromatic rings. The number of aliphatic imine (C=N–C) groups is 1. The summed E-state index contributed by atoms with van der Waals surface area (Å²) in [6.45, 7) is 4.90. The highest BCUT2D eigenvalue weighted by Crippen LogP contribution is 2.34. The topological polar surface area (TPSA) is 54.5 Å². The summed E-state index contributed by atoms with van der Waals surface area (Å²) in [6.07, 6.45) is 1.79. The lowest BCUT2D eigenvalue weighted by molar-refractivity contribution is 0.291. The third-order valence-corrected chi connectivity index (χ3v) is 4.02. The summed E-state index contributed by atoms with van der Waals surface area (Å²) in [5.41, 5.74) is 8.07. The molecule has 1 aromatic carbocycles. The van der Waals surface area contributed by atoms with Gasteiger partial charge in [0.05, 0.1) is 18.1 Å². The van der Waals surface area contributed by atoms with E-state index in [9.17, 15) is 0 Å². The van der Waals surface area contributed by atoms with Crippen molar-refractivity contribution in [3.05, 3.63) is 41.0 Å². The van der Waals surface area contributed by atoms with Crippen LogP contribution in [-0.4, -0.2) is 28.4 Å². The zero-order valence-electron chi connectivity index (χ0n) is 11.5. The molecule has 20 heavy (non-hydrogen) atoms. The molecule has 5 heteroatoms. The van der Waals surface area contributed by atoms with Crippen LogP contribution in [0, 0.1) is 0 Å². The lowest BCUT2D eigenvalue weighted by atomic mass is 10.0. The second-order valence-electron chi connectivity index (χ2n) is 5.25. The Hall–Kier alpha value is -1.81. The Balaban J connectivity index is 2.14. The van der Waals surface area contributed by atoms with Gasteiger partial charge in [0, 0.05) is 28.2 Å². The van der Waals surface area contributed by atoms with Crippen molar-refractivity contribution in [3.63, 3.8) is 0 Å². The molecule has 0 radical (unpaired) electrons. The van der Waals surface area contributed by atoms with Crippen LogP contribution in [0.25, 0.3) is 10.9 Å². The number of aromatic nitrogens is 1.